The molecule has 1 unspecified atom stereocenters. The van der Waals surface area contributed by atoms with Crippen LogP contribution in [0.1, 0.15) is 33.1 Å². The van der Waals surface area contributed by atoms with Crippen molar-refractivity contribution < 1.29 is 24.6 Å². The molecule has 0 rings (SSSR count). The molecule has 17 heavy (non-hydrogen) atoms. The molecule has 1 atom stereocenters. The van der Waals surface area contributed by atoms with Crippen molar-refractivity contribution in [2.75, 3.05) is 0 Å². The molecule has 0 aliphatic carbocycles. The van der Waals surface area contributed by atoms with E-state index in [1.54, 1.807) is 13.0 Å². The van der Waals surface area contributed by atoms with Gasteiger partial charge >= 0.3 is 11.9 Å². The first-order chi connectivity index (χ1) is 7.88. The van der Waals surface area contributed by atoms with Crippen molar-refractivity contribution in [3.05, 3.63) is 11.6 Å². The number of carbonyl (C=O) groups is 3. The van der Waals surface area contributed by atoms with Crippen molar-refractivity contribution in [3.8, 4) is 0 Å². The standard InChI is InChI=1S/C11H17NO5/c1-3-4-7(2)10(15)12-8(11(16)17)5-6-9(13)14/h4,8H,3,5-6H2,1-2H3,(H,12,15)(H,13,14)(H,16,17)/b7-4+. The Kier molecular flexibility index (Phi) is 6.62. The summed E-state index contributed by atoms with van der Waals surface area (Å²) in [5.41, 5.74) is 0.425. The SMILES string of the molecule is CC/C=C(\C)C(=O)NC(CCC(=O)O)C(=O)O. The lowest BCUT2D eigenvalue weighted by atomic mass is 10.1. The van der Waals surface area contributed by atoms with Crippen molar-refractivity contribution in [2.24, 2.45) is 0 Å². The van der Waals surface area contributed by atoms with E-state index in [2.05, 4.69) is 5.32 Å². The smallest absolute Gasteiger partial charge is 0.326 e. The first-order valence-electron chi connectivity index (χ1n) is 5.30. The number of allylic oxidation sites excluding steroid dienone is 1. The Balaban J connectivity index is 4.45. The summed E-state index contributed by atoms with van der Waals surface area (Å²) in [4.78, 5) is 32.6. The van der Waals surface area contributed by atoms with Gasteiger partial charge in [0.15, 0.2) is 0 Å². The minimum absolute atomic E-state index is 0.129. The molecule has 0 heterocycles. The maximum absolute atomic E-state index is 11.5. The monoisotopic (exact) mass is 243 g/mol. The summed E-state index contributed by atoms with van der Waals surface area (Å²) >= 11 is 0. The van der Waals surface area contributed by atoms with Gasteiger partial charge in [0, 0.05) is 12.0 Å². The van der Waals surface area contributed by atoms with E-state index in [1.165, 1.54) is 0 Å². The Hall–Kier alpha value is -1.85. The zero-order valence-electron chi connectivity index (χ0n) is 9.90. The lowest BCUT2D eigenvalue weighted by Gasteiger charge is -2.13. The maximum Gasteiger partial charge on any atom is 0.326 e. The largest absolute Gasteiger partial charge is 0.481 e. The molecule has 0 bridgehead atoms. The molecular weight excluding hydrogens is 226 g/mol. The van der Waals surface area contributed by atoms with Gasteiger partial charge in [-0.3, -0.25) is 9.59 Å². The van der Waals surface area contributed by atoms with Gasteiger partial charge < -0.3 is 15.5 Å². The molecule has 3 N–H and O–H groups in total. The summed E-state index contributed by atoms with van der Waals surface area (Å²) in [6, 6.07) is -1.17. The Morgan fingerprint density at radius 1 is 1.29 bits per heavy atom. The number of rotatable bonds is 7. The van der Waals surface area contributed by atoms with Crippen molar-refractivity contribution in [1.82, 2.24) is 5.32 Å². The molecule has 0 spiro atoms. The van der Waals surface area contributed by atoms with Crippen LogP contribution in [0.4, 0.5) is 0 Å². The van der Waals surface area contributed by atoms with Crippen LogP contribution in [0.2, 0.25) is 0 Å². The molecule has 0 aromatic heterocycles. The number of carboxylic acid groups (broad SMARTS) is 2. The second-order valence-electron chi connectivity index (χ2n) is 3.59. The van der Waals surface area contributed by atoms with E-state index in [1.807, 2.05) is 6.92 Å². The summed E-state index contributed by atoms with van der Waals surface area (Å²) in [5, 5.41) is 19.6. The Morgan fingerprint density at radius 2 is 1.88 bits per heavy atom. The maximum atomic E-state index is 11.5. The second kappa shape index (κ2) is 7.43. The van der Waals surface area contributed by atoms with Crippen molar-refractivity contribution >= 4 is 17.8 Å². The zero-order chi connectivity index (χ0) is 13.4. The molecule has 1 amide bonds. The van der Waals surface area contributed by atoms with Crippen LogP contribution in [0.25, 0.3) is 0 Å². The Bertz CT molecular complexity index is 335. The third-order valence-corrected chi connectivity index (χ3v) is 2.12. The third-order valence-electron chi connectivity index (χ3n) is 2.12. The van der Waals surface area contributed by atoms with Gasteiger partial charge in [-0.2, -0.15) is 0 Å². The summed E-state index contributed by atoms with van der Waals surface area (Å²) in [5.74, 6) is -2.81. The van der Waals surface area contributed by atoms with Crippen LogP contribution in [0.5, 0.6) is 0 Å². The Labute approximate surface area is 99.3 Å². The van der Waals surface area contributed by atoms with Gasteiger partial charge in [-0.05, 0) is 19.8 Å². The molecule has 96 valence electrons. The average Bonchev–Trinajstić information content (AvgIpc) is 2.23. The lowest BCUT2D eigenvalue weighted by Crippen LogP contribution is -2.41. The van der Waals surface area contributed by atoms with Gasteiger partial charge in [-0.25, -0.2) is 4.79 Å². The molecular formula is C11H17NO5. The average molecular weight is 243 g/mol. The fourth-order valence-corrected chi connectivity index (χ4v) is 1.20. The fourth-order valence-electron chi connectivity index (χ4n) is 1.20. The molecule has 0 radical (unpaired) electrons. The van der Waals surface area contributed by atoms with Crippen molar-refractivity contribution in [3.63, 3.8) is 0 Å². The first kappa shape index (κ1) is 15.2. The summed E-state index contributed by atoms with van der Waals surface area (Å²) in [6.07, 6.45) is 1.92. The predicted octanol–water partition coefficient (Wildman–Crippen LogP) is 0.777. The fraction of sp³-hybridized carbons (Fsp3) is 0.545. The van der Waals surface area contributed by atoms with Crippen LogP contribution in [0.15, 0.2) is 11.6 Å². The third kappa shape index (κ3) is 6.34. The van der Waals surface area contributed by atoms with Gasteiger partial charge in [-0.15, -0.1) is 0 Å². The minimum Gasteiger partial charge on any atom is -0.481 e. The van der Waals surface area contributed by atoms with Gasteiger partial charge in [0.1, 0.15) is 6.04 Å². The Morgan fingerprint density at radius 3 is 2.29 bits per heavy atom. The highest BCUT2D eigenvalue weighted by molar-refractivity contribution is 5.95. The molecule has 0 aliphatic rings. The van der Waals surface area contributed by atoms with Gasteiger partial charge in [0.25, 0.3) is 0 Å². The molecule has 0 aromatic rings. The molecule has 6 nitrogen and oxygen atoms in total. The quantitative estimate of drug-likeness (QED) is 0.573. The summed E-state index contributed by atoms with van der Waals surface area (Å²) in [6.45, 7) is 3.44. The highest BCUT2D eigenvalue weighted by Crippen LogP contribution is 2.01. The lowest BCUT2D eigenvalue weighted by molar-refractivity contribution is -0.142. The summed E-state index contributed by atoms with van der Waals surface area (Å²) in [7, 11) is 0. The highest BCUT2D eigenvalue weighted by atomic mass is 16.4. The van der Waals surface area contributed by atoms with E-state index in [-0.39, 0.29) is 12.8 Å². The van der Waals surface area contributed by atoms with Crippen LogP contribution in [-0.4, -0.2) is 34.1 Å². The van der Waals surface area contributed by atoms with Crippen LogP contribution in [-0.2, 0) is 14.4 Å². The summed E-state index contributed by atoms with van der Waals surface area (Å²) < 4.78 is 0. The molecule has 0 aliphatic heterocycles. The first-order valence-corrected chi connectivity index (χ1v) is 5.30. The molecule has 0 aromatic carbocycles. The molecule has 0 saturated carbocycles. The van der Waals surface area contributed by atoms with Crippen LogP contribution < -0.4 is 5.32 Å². The van der Waals surface area contributed by atoms with Crippen LogP contribution in [0.3, 0.4) is 0 Å². The number of carboxylic acids is 2. The zero-order valence-corrected chi connectivity index (χ0v) is 9.90. The number of amides is 1. The van der Waals surface area contributed by atoms with Crippen molar-refractivity contribution in [1.29, 1.82) is 0 Å². The van der Waals surface area contributed by atoms with E-state index in [0.717, 1.165) is 0 Å². The number of nitrogens with one attached hydrogen (secondary N) is 1. The van der Waals surface area contributed by atoms with Crippen LogP contribution in [0, 0.1) is 0 Å². The number of aliphatic carboxylic acids is 2. The number of hydrogen-bond donors (Lipinski definition) is 3. The number of carbonyl (C=O) groups excluding carboxylic acids is 1. The molecule has 0 fully saturated rings. The van der Waals surface area contributed by atoms with Gasteiger partial charge in [0.2, 0.25) is 5.91 Å². The van der Waals surface area contributed by atoms with E-state index in [9.17, 15) is 14.4 Å². The van der Waals surface area contributed by atoms with Gasteiger partial charge in [0.05, 0.1) is 0 Å². The minimum atomic E-state index is -1.23. The van der Waals surface area contributed by atoms with Gasteiger partial charge in [-0.1, -0.05) is 13.0 Å². The van der Waals surface area contributed by atoms with E-state index < -0.39 is 23.9 Å². The topological polar surface area (TPSA) is 104 Å². The molecule has 0 saturated heterocycles. The molecule has 6 heteroatoms. The van der Waals surface area contributed by atoms with E-state index in [4.69, 9.17) is 10.2 Å². The van der Waals surface area contributed by atoms with Crippen molar-refractivity contribution in [2.45, 2.75) is 39.2 Å². The van der Waals surface area contributed by atoms with E-state index >= 15 is 0 Å². The van der Waals surface area contributed by atoms with Crippen LogP contribution >= 0.6 is 0 Å². The highest BCUT2D eigenvalue weighted by Gasteiger charge is 2.21. The van der Waals surface area contributed by atoms with E-state index in [0.29, 0.717) is 12.0 Å². The second-order valence-corrected chi connectivity index (χ2v) is 3.59. The number of hydrogen-bond acceptors (Lipinski definition) is 3. The normalized spacial score (nSPS) is 12.9. The predicted molar refractivity (Wildman–Crippen MR) is 60.5 cm³/mol.